The highest BCUT2D eigenvalue weighted by Gasteiger charge is 2.18. The Hall–Kier alpha value is -0.350. The van der Waals surface area contributed by atoms with Gasteiger partial charge in [-0.15, -0.1) is 0 Å². The van der Waals surface area contributed by atoms with Gasteiger partial charge in [-0.3, -0.25) is 9.58 Å². The minimum absolute atomic E-state index is 0.618. The highest BCUT2D eigenvalue weighted by molar-refractivity contribution is 9.10. The molecule has 1 unspecified atom stereocenters. The van der Waals surface area contributed by atoms with Crippen LogP contribution < -0.4 is 0 Å². The summed E-state index contributed by atoms with van der Waals surface area (Å²) < 4.78 is 3.34. The van der Waals surface area contributed by atoms with Gasteiger partial charge >= 0.3 is 0 Å². The average molecular weight is 316 g/mol. The summed E-state index contributed by atoms with van der Waals surface area (Å²) in [5, 5.41) is 4.66. The van der Waals surface area contributed by atoms with Crippen LogP contribution in [-0.4, -0.2) is 27.3 Å². The maximum absolute atomic E-state index is 4.66. The number of halogens is 1. The summed E-state index contributed by atoms with van der Waals surface area (Å²) in [5.41, 5.74) is 2.49. The van der Waals surface area contributed by atoms with E-state index in [1.807, 2.05) is 0 Å². The van der Waals surface area contributed by atoms with Crippen molar-refractivity contribution in [2.75, 3.05) is 6.54 Å². The molecule has 18 heavy (non-hydrogen) atoms. The zero-order valence-electron chi connectivity index (χ0n) is 12.3. The Balaban J connectivity index is 2.97. The minimum Gasteiger partial charge on any atom is -0.295 e. The Labute approximate surface area is 120 Å². The fraction of sp³-hybridized carbons (Fsp3) is 0.786. The lowest BCUT2D eigenvalue weighted by molar-refractivity contribution is 0.200. The molecular formula is C14H26BrN3. The molecule has 1 heterocycles. The molecule has 0 bridgehead atoms. The van der Waals surface area contributed by atoms with Gasteiger partial charge in [0.1, 0.15) is 0 Å². The normalized spacial score (nSPS) is 13.3. The van der Waals surface area contributed by atoms with Crippen molar-refractivity contribution < 1.29 is 0 Å². The van der Waals surface area contributed by atoms with Gasteiger partial charge in [0, 0.05) is 19.1 Å². The van der Waals surface area contributed by atoms with Crippen LogP contribution in [0.4, 0.5) is 0 Å². The number of hydrogen-bond acceptors (Lipinski definition) is 2. The SMILES string of the molecule is CCc1nn(CC)c(CN(CC)C(C)CC)c1Br. The van der Waals surface area contributed by atoms with E-state index in [4.69, 9.17) is 0 Å². The highest BCUT2D eigenvalue weighted by Crippen LogP contribution is 2.24. The van der Waals surface area contributed by atoms with Crippen LogP contribution >= 0.6 is 15.9 Å². The molecule has 0 aliphatic rings. The van der Waals surface area contributed by atoms with Crippen LogP contribution in [0.2, 0.25) is 0 Å². The third-order valence-corrected chi connectivity index (χ3v) is 4.58. The monoisotopic (exact) mass is 315 g/mol. The molecule has 0 aliphatic heterocycles. The van der Waals surface area contributed by atoms with Crippen LogP contribution in [0.15, 0.2) is 4.47 Å². The molecule has 1 aromatic rings. The van der Waals surface area contributed by atoms with Gasteiger partial charge in [0.15, 0.2) is 0 Å². The van der Waals surface area contributed by atoms with E-state index < -0.39 is 0 Å². The summed E-state index contributed by atoms with van der Waals surface area (Å²) in [6.07, 6.45) is 2.17. The highest BCUT2D eigenvalue weighted by atomic mass is 79.9. The van der Waals surface area contributed by atoms with Crippen LogP contribution in [0.5, 0.6) is 0 Å². The zero-order valence-corrected chi connectivity index (χ0v) is 13.9. The summed E-state index contributed by atoms with van der Waals surface area (Å²) in [5.74, 6) is 0. The average Bonchev–Trinajstić information content (AvgIpc) is 2.71. The molecular weight excluding hydrogens is 290 g/mol. The second kappa shape index (κ2) is 7.29. The molecule has 104 valence electrons. The molecule has 0 amide bonds. The fourth-order valence-corrected chi connectivity index (χ4v) is 2.89. The molecule has 1 rings (SSSR count). The van der Waals surface area contributed by atoms with Gasteiger partial charge in [-0.05, 0) is 49.2 Å². The number of hydrogen-bond donors (Lipinski definition) is 0. The van der Waals surface area contributed by atoms with Crippen molar-refractivity contribution in [2.45, 2.75) is 66.6 Å². The molecule has 0 spiro atoms. The Morgan fingerprint density at radius 2 is 1.94 bits per heavy atom. The molecule has 4 heteroatoms. The number of aryl methyl sites for hydroxylation is 2. The molecule has 0 N–H and O–H groups in total. The summed E-state index contributed by atoms with van der Waals surface area (Å²) in [6.45, 7) is 14.1. The number of aromatic nitrogens is 2. The lowest BCUT2D eigenvalue weighted by atomic mass is 10.2. The maximum Gasteiger partial charge on any atom is 0.0767 e. The van der Waals surface area contributed by atoms with Crippen molar-refractivity contribution in [3.05, 3.63) is 15.9 Å². The summed E-state index contributed by atoms with van der Waals surface area (Å²) in [7, 11) is 0. The van der Waals surface area contributed by atoms with E-state index in [1.54, 1.807) is 0 Å². The zero-order chi connectivity index (χ0) is 13.7. The first-order chi connectivity index (χ1) is 8.58. The molecule has 0 fully saturated rings. The van der Waals surface area contributed by atoms with Crippen LogP contribution in [0.25, 0.3) is 0 Å². The molecule has 1 aromatic heterocycles. The van der Waals surface area contributed by atoms with Crippen molar-refractivity contribution in [1.82, 2.24) is 14.7 Å². The Bertz CT molecular complexity index is 373. The van der Waals surface area contributed by atoms with Gasteiger partial charge in [0.05, 0.1) is 15.9 Å². The quantitative estimate of drug-likeness (QED) is 0.762. The standard InChI is InChI=1S/C14H26BrN3/c1-6-11(5)17(8-3)10-13-14(15)12(7-2)16-18(13)9-4/h11H,6-10H2,1-5H3. The van der Waals surface area contributed by atoms with Crippen LogP contribution in [0, 0.1) is 0 Å². The van der Waals surface area contributed by atoms with Crippen molar-refractivity contribution in [2.24, 2.45) is 0 Å². The second-order valence-corrected chi connectivity index (χ2v) is 5.49. The summed E-state index contributed by atoms with van der Waals surface area (Å²) in [6, 6.07) is 0.618. The Morgan fingerprint density at radius 1 is 1.28 bits per heavy atom. The Kier molecular flexibility index (Phi) is 6.36. The van der Waals surface area contributed by atoms with E-state index in [0.29, 0.717) is 6.04 Å². The lowest BCUT2D eigenvalue weighted by Crippen LogP contribution is -2.32. The number of nitrogens with zero attached hydrogens (tertiary/aromatic N) is 3. The van der Waals surface area contributed by atoms with E-state index >= 15 is 0 Å². The van der Waals surface area contributed by atoms with E-state index in [2.05, 4.69) is 65.2 Å². The van der Waals surface area contributed by atoms with Crippen molar-refractivity contribution in [3.63, 3.8) is 0 Å². The molecule has 0 saturated carbocycles. The molecule has 0 radical (unpaired) electrons. The fourth-order valence-electron chi connectivity index (χ4n) is 2.20. The minimum atomic E-state index is 0.618. The largest absolute Gasteiger partial charge is 0.295 e. The van der Waals surface area contributed by atoms with Gasteiger partial charge < -0.3 is 0 Å². The lowest BCUT2D eigenvalue weighted by Gasteiger charge is -2.27. The molecule has 0 saturated heterocycles. The van der Waals surface area contributed by atoms with E-state index in [-0.39, 0.29) is 0 Å². The second-order valence-electron chi connectivity index (χ2n) is 4.70. The van der Waals surface area contributed by atoms with Gasteiger partial charge in [-0.25, -0.2) is 0 Å². The molecule has 3 nitrogen and oxygen atoms in total. The van der Waals surface area contributed by atoms with Gasteiger partial charge in [0.2, 0.25) is 0 Å². The van der Waals surface area contributed by atoms with Gasteiger partial charge in [0.25, 0.3) is 0 Å². The topological polar surface area (TPSA) is 21.1 Å². The summed E-state index contributed by atoms with van der Waals surface area (Å²) >= 11 is 3.72. The van der Waals surface area contributed by atoms with E-state index in [1.165, 1.54) is 22.3 Å². The third kappa shape index (κ3) is 3.35. The third-order valence-electron chi connectivity index (χ3n) is 3.67. The van der Waals surface area contributed by atoms with Crippen LogP contribution in [-0.2, 0) is 19.5 Å². The Morgan fingerprint density at radius 3 is 2.39 bits per heavy atom. The van der Waals surface area contributed by atoms with Crippen LogP contribution in [0.1, 0.15) is 52.4 Å². The first-order valence-corrected chi connectivity index (χ1v) is 7.86. The first-order valence-electron chi connectivity index (χ1n) is 7.06. The van der Waals surface area contributed by atoms with Crippen molar-refractivity contribution >= 4 is 15.9 Å². The summed E-state index contributed by atoms with van der Waals surface area (Å²) in [4.78, 5) is 2.51. The molecule has 0 aliphatic carbocycles. The number of rotatable bonds is 7. The molecule has 0 aromatic carbocycles. The van der Waals surface area contributed by atoms with Gasteiger partial charge in [-0.1, -0.05) is 20.8 Å². The molecule has 1 atom stereocenters. The first kappa shape index (κ1) is 15.7. The van der Waals surface area contributed by atoms with E-state index in [9.17, 15) is 0 Å². The predicted molar refractivity (Wildman–Crippen MR) is 80.8 cm³/mol. The maximum atomic E-state index is 4.66. The van der Waals surface area contributed by atoms with E-state index in [0.717, 1.165) is 26.1 Å². The van der Waals surface area contributed by atoms with Crippen molar-refractivity contribution in [1.29, 1.82) is 0 Å². The predicted octanol–water partition coefficient (Wildman–Crippen LogP) is 3.85. The van der Waals surface area contributed by atoms with Crippen molar-refractivity contribution in [3.8, 4) is 0 Å². The smallest absolute Gasteiger partial charge is 0.0767 e. The van der Waals surface area contributed by atoms with Crippen LogP contribution in [0.3, 0.4) is 0 Å². The van der Waals surface area contributed by atoms with Gasteiger partial charge in [-0.2, -0.15) is 5.10 Å².